The Balaban J connectivity index is 1.88. The van der Waals surface area contributed by atoms with Crippen molar-refractivity contribution in [1.82, 2.24) is 0 Å². The zero-order valence-electron chi connectivity index (χ0n) is 13.8. The molecule has 0 spiro atoms. The van der Waals surface area contributed by atoms with Crippen molar-refractivity contribution in [3.05, 3.63) is 65.7 Å². The van der Waals surface area contributed by atoms with E-state index in [2.05, 4.69) is 18.2 Å². The summed E-state index contributed by atoms with van der Waals surface area (Å²) in [5, 5.41) is 20.1. The Labute approximate surface area is 149 Å². The number of aliphatic hydroxyl groups is 2. The van der Waals surface area contributed by atoms with Crippen LogP contribution in [0.15, 0.2) is 54.6 Å². The van der Waals surface area contributed by atoms with Gasteiger partial charge in [0.25, 0.3) is 0 Å². The third kappa shape index (κ3) is 3.74. The van der Waals surface area contributed by atoms with Crippen LogP contribution in [0.5, 0.6) is 0 Å². The second-order valence-electron chi connectivity index (χ2n) is 6.15. The van der Waals surface area contributed by atoms with Crippen LogP contribution in [0.3, 0.4) is 0 Å². The molecule has 0 aliphatic carbocycles. The van der Waals surface area contributed by atoms with E-state index in [0.29, 0.717) is 13.0 Å². The Morgan fingerprint density at radius 1 is 1.12 bits per heavy atom. The van der Waals surface area contributed by atoms with Gasteiger partial charge in [-0.2, -0.15) is 0 Å². The van der Waals surface area contributed by atoms with Crippen molar-refractivity contribution in [2.75, 3.05) is 13.2 Å². The Hall–Kier alpha value is -1.16. The first-order valence-electron chi connectivity index (χ1n) is 8.45. The molecule has 0 saturated carbocycles. The van der Waals surface area contributed by atoms with E-state index in [1.807, 2.05) is 43.3 Å². The number of hydrogen-bond donors (Lipinski definition) is 2. The molecule has 128 valence electrons. The zero-order valence-corrected chi connectivity index (χ0v) is 15.6. The summed E-state index contributed by atoms with van der Waals surface area (Å²) >= 11 is 0.122. The third-order valence-electron chi connectivity index (χ3n) is 4.54. The second kappa shape index (κ2) is 8.28. The fourth-order valence-electron chi connectivity index (χ4n) is 3.14. The molecule has 2 aromatic carbocycles. The van der Waals surface area contributed by atoms with Crippen LogP contribution in [0.25, 0.3) is 0 Å². The van der Waals surface area contributed by atoms with Gasteiger partial charge in [0.15, 0.2) is 0 Å². The van der Waals surface area contributed by atoms with Gasteiger partial charge < -0.3 is 0 Å². The van der Waals surface area contributed by atoms with E-state index in [0.717, 1.165) is 5.56 Å². The fraction of sp³-hybridized carbons (Fsp3) is 0.400. The summed E-state index contributed by atoms with van der Waals surface area (Å²) < 4.78 is 7.26. The number of ether oxygens (including phenoxy) is 1. The molecule has 4 atom stereocenters. The van der Waals surface area contributed by atoms with E-state index in [-0.39, 0.29) is 38.4 Å². The number of hydrogen-bond acceptors (Lipinski definition) is 3. The van der Waals surface area contributed by atoms with Crippen molar-refractivity contribution >= 4 is 19.4 Å². The molecule has 1 aliphatic heterocycles. The van der Waals surface area contributed by atoms with Gasteiger partial charge in [-0.25, -0.2) is 0 Å². The van der Waals surface area contributed by atoms with Gasteiger partial charge in [-0.05, 0) is 0 Å². The molecule has 1 heterocycles. The molecule has 2 N–H and O–H groups in total. The SMILES string of the molecule is CC[C@H](O)c1ccccc1[Se]C1[C@H](CO)CO[C@H]1c1ccccc1. The molecule has 3 nitrogen and oxygen atoms in total. The van der Waals surface area contributed by atoms with Crippen LogP contribution >= 0.6 is 0 Å². The molecule has 4 heteroatoms. The summed E-state index contributed by atoms with van der Waals surface area (Å²) in [7, 11) is 0. The van der Waals surface area contributed by atoms with Crippen LogP contribution in [-0.4, -0.2) is 38.4 Å². The van der Waals surface area contributed by atoms with Crippen molar-refractivity contribution < 1.29 is 14.9 Å². The second-order valence-corrected chi connectivity index (χ2v) is 8.71. The van der Waals surface area contributed by atoms with Crippen LogP contribution in [0.1, 0.15) is 36.7 Å². The van der Waals surface area contributed by atoms with Crippen molar-refractivity contribution in [3.8, 4) is 0 Å². The number of rotatable bonds is 6. The Bertz CT molecular complexity index is 646. The fourth-order valence-corrected chi connectivity index (χ4v) is 6.30. The van der Waals surface area contributed by atoms with Gasteiger partial charge in [0.05, 0.1) is 0 Å². The molecule has 0 bridgehead atoms. The summed E-state index contributed by atoms with van der Waals surface area (Å²) in [5.74, 6) is 0.155. The molecule has 2 aromatic rings. The van der Waals surface area contributed by atoms with Gasteiger partial charge in [0, 0.05) is 0 Å². The molecule has 1 saturated heterocycles. The van der Waals surface area contributed by atoms with Gasteiger partial charge in [0.2, 0.25) is 0 Å². The van der Waals surface area contributed by atoms with Crippen LogP contribution in [0.4, 0.5) is 0 Å². The van der Waals surface area contributed by atoms with Crippen molar-refractivity contribution in [3.63, 3.8) is 0 Å². The first-order chi connectivity index (χ1) is 11.7. The van der Waals surface area contributed by atoms with Gasteiger partial charge >= 0.3 is 150 Å². The standard InChI is InChI=1S/C20H24O3Se/c1-2-17(22)16-10-6-7-11-18(16)24-20-15(12-21)13-23-19(20)14-8-4-3-5-9-14/h3-11,15,17,19-22H,2,12-13H2,1H3/t15-,17+,19+,20?/m1/s1. The molecule has 1 fully saturated rings. The van der Waals surface area contributed by atoms with E-state index in [1.165, 1.54) is 10.0 Å². The maximum absolute atomic E-state index is 10.3. The normalized spacial score (nSPS) is 24.9. The molecule has 0 amide bonds. The van der Waals surface area contributed by atoms with E-state index in [1.54, 1.807) is 0 Å². The topological polar surface area (TPSA) is 49.7 Å². The predicted octanol–water partition coefficient (Wildman–Crippen LogP) is 2.63. The summed E-state index contributed by atoms with van der Waals surface area (Å²) in [5.41, 5.74) is 2.20. The molecular formula is C20H24O3Se. The van der Waals surface area contributed by atoms with Crippen molar-refractivity contribution in [1.29, 1.82) is 0 Å². The van der Waals surface area contributed by atoms with Crippen LogP contribution in [0, 0.1) is 5.92 Å². The summed E-state index contributed by atoms with van der Waals surface area (Å²) in [4.78, 5) is 0.273. The molecule has 3 rings (SSSR count). The molecule has 24 heavy (non-hydrogen) atoms. The number of benzene rings is 2. The average molecular weight is 391 g/mol. The summed E-state index contributed by atoms with van der Waals surface area (Å²) in [6.07, 6.45) is 0.308. The Kier molecular flexibility index (Phi) is 6.09. The molecule has 1 aliphatic rings. The van der Waals surface area contributed by atoms with Crippen LogP contribution < -0.4 is 4.46 Å². The molecule has 0 aromatic heterocycles. The van der Waals surface area contributed by atoms with Gasteiger partial charge in [0.1, 0.15) is 0 Å². The molecular weight excluding hydrogens is 367 g/mol. The van der Waals surface area contributed by atoms with Crippen molar-refractivity contribution in [2.45, 2.75) is 30.4 Å². The molecule has 0 radical (unpaired) electrons. The summed E-state index contributed by atoms with van der Waals surface area (Å²) in [6.45, 7) is 2.74. The Morgan fingerprint density at radius 2 is 1.83 bits per heavy atom. The van der Waals surface area contributed by atoms with E-state index < -0.39 is 6.10 Å². The van der Waals surface area contributed by atoms with Gasteiger partial charge in [-0.3, -0.25) is 0 Å². The van der Waals surface area contributed by atoms with E-state index >= 15 is 0 Å². The van der Waals surface area contributed by atoms with Crippen LogP contribution in [0.2, 0.25) is 4.82 Å². The van der Waals surface area contributed by atoms with E-state index in [9.17, 15) is 10.2 Å². The first-order valence-corrected chi connectivity index (χ1v) is 10.3. The minimum atomic E-state index is -0.423. The summed E-state index contributed by atoms with van der Waals surface area (Å²) in [6, 6.07) is 18.4. The minimum absolute atomic E-state index is 0.0233. The van der Waals surface area contributed by atoms with Gasteiger partial charge in [-0.15, -0.1) is 0 Å². The van der Waals surface area contributed by atoms with Gasteiger partial charge in [-0.1, -0.05) is 0 Å². The number of aliphatic hydroxyl groups excluding tert-OH is 2. The maximum atomic E-state index is 10.3. The van der Waals surface area contributed by atoms with E-state index in [4.69, 9.17) is 4.74 Å². The van der Waals surface area contributed by atoms with Crippen molar-refractivity contribution in [2.24, 2.45) is 5.92 Å². The third-order valence-corrected chi connectivity index (χ3v) is 7.75. The Morgan fingerprint density at radius 3 is 2.54 bits per heavy atom. The first kappa shape index (κ1) is 17.7. The quantitative estimate of drug-likeness (QED) is 0.745. The zero-order chi connectivity index (χ0) is 16.9. The molecule has 1 unspecified atom stereocenters. The monoisotopic (exact) mass is 392 g/mol. The predicted molar refractivity (Wildman–Crippen MR) is 96.5 cm³/mol. The van der Waals surface area contributed by atoms with Crippen LogP contribution in [-0.2, 0) is 4.74 Å². The average Bonchev–Trinajstić information content (AvgIpc) is 3.05.